The van der Waals surface area contributed by atoms with Crippen LogP contribution in [-0.4, -0.2) is 4.40 Å². The summed E-state index contributed by atoms with van der Waals surface area (Å²) in [5.74, 6) is 0. The molecule has 0 aliphatic carbocycles. The van der Waals surface area contributed by atoms with Crippen LogP contribution in [0, 0.1) is 13.8 Å². The molecule has 0 amide bonds. The summed E-state index contributed by atoms with van der Waals surface area (Å²) in [4.78, 5) is 0. The molecule has 0 aliphatic heterocycles. The van der Waals surface area contributed by atoms with Gasteiger partial charge in [-0.05, 0) is 43.5 Å². The maximum atomic E-state index is 2.40. The van der Waals surface area contributed by atoms with Crippen LogP contribution in [0.25, 0.3) is 38.1 Å². The summed E-state index contributed by atoms with van der Waals surface area (Å²) in [5.41, 5.74) is 6.46. The SMILES string of the molecule is Cc1ccc2c(c1)c1cc(C)ccc1n1c3ccccc3cc21. The van der Waals surface area contributed by atoms with Gasteiger partial charge in [0.1, 0.15) is 0 Å². The van der Waals surface area contributed by atoms with Crippen LogP contribution in [0.3, 0.4) is 0 Å². The molecular formula is C22H17N. The van der Waals surface area contributed by atoms with E-state index in [1.165, 1.54) is 49.2 Å². The number of nitrogens with zero attached hydrogens (tertiary/aromatic N) is 1. The van der Waals surface area contributed by atoms with E-state index in [9.17, 15) is 0 Å². The number of aromatic nitrogens is 1. The monoisotopic (exact) mass is 295 g/mol. The maximum Gasteiger partial charge on any atom is 0.0547 e. The summed E-state index contributed by atoms with van der Waals surface area (Å²) in [6, 6.07) is 24.5. The number of aryl methyl sites for hydroxylation is 2. The molecule has 23 heavy (non-hydrogen) atoms. The largest absolute Gasteiger partial charge is 0.309 e. The van der Waals surface area contributed by atoms with Gasteiger partial charge < -0.3 is 4.40 Å². The van der Waals surface area contributed by atoms with Gasteiger partial charge in [0, 0.05) is 16.2 Å². The van der Waals surface area contributed by atoms with Crippen molar-refractivity contribution >= 4 is 38.1 Å². The Morgan fingerprint density at radius 1 is 0.565 bits per heavy atom. The highest BCUT2D eigenvalue weighted by atomic mass is 14.9. The molecule has 1 nitrogen and oxygen atoms in total. The van der Waals surface area contributed by atoms with Gasteiger partial charge in [0.05, 0.1) is 16.6 Å². The minimum absolute atomic E-state index is 1.28. The van der Waals surface area contributed by atoms with Crippen LogP contribution in [0.5, 0.6) is 0 Å². The number of hydrogen-bond acceptors (Lipinski definition) is 0. The number of hydrogen-bond donors (Lipinski definition) is 0. The Kier molecular flexibility index (Phi) is 2.41. The molecule has 0 spiro atoms. The van der Waals surface area contributed by atoms with E-state index in [0.29, 0.717) is 0 Å². The normalized spacial score (nSPS) is 11.9. The van der Waals surface area contributed by atoms with Crippen LogP contribution in [0.15, 0.2) is 66.7 Å². The van der Waals surface area contributed by atoms with Gasteiger partial charge in [-0.2, -0.15) is 0 Å². The highest BCUT2D eigenvalue weighted by Gasteiger charge is 2.12. The number of rotatable bonds is 0. The molecule has 0 radical (unpaired) electrons. The average molecular weight is 295 g/mol. The van der Waals surface area contributed by atoms with Crippen LogP contribution in [0.2, 0.25) is 0 Å². The predicted octanol–water partition coefficient (Wildman–Crippen LogP) is 6.02. The molecule has 0 N–H and O–H groups in total. The molecule has 0 atom stereocenters. The molecule has 0 unspecified atom stereocenters. The van der Waals surface area contributed by atoms with Crippen LogP contribution in [-0.2, 0) is 0 Å². The molecule has 3 aromatic carbocycles. The lowest BCUT2D eigenvalue weighted by atomic mass is 10.0. The second-order valence-corrected chi connectivity index (χ2v) is 6.49. The first-order chi connectivity index (χ1) is 11.2. The van der Waals surface area contributed by atoms with Crippen molar-refractivity contribution in [1.29, 1.82) is 0 Å². The quantitative estimate of drug-likeness (QED) is 0.308. The second-order valence-electron chi connectivity index (χ2n) is 6.49. The number of pyridine rings is 1. The Hall–Kier alpha value is -2.80. The maximum absolute atomic E-state index is 2.40. The Morgan fingerprint density at radius 2 is 1.30 bits per heavy atom. The lowest BCUT2D eigenvalue weighted by molar-refractivity contribution is 1.34. The third kappa shape index (κ3) is 1.68. The number of benzene rings is 3. The summed E-state index contributed by atoms with van der Waals surface area (Å²) >= 11 is 0. The fraction of sp³-hybridized carbons (Fsp3) is 0.0909. The first-order valence-corrected chi connectivity index (χ1v) is 8.05. The fourth-order valence-corrected chi connectivity index (χ4v) is 3.78. The van der Waals surface area contributed by atoms with Gasteiger partial charge in [-0.25, -0.2) is 0 Å². The van der Waals surface area contributed by atoms with Gasteiger partial charge in [-0.1, -0.05) is 53.6 Å². The summed E-state index contributed by atoms with van der Waals surface area (Å²) in [7, 11) is 0. The second kappa shape index (κ2) is 4.36. The van der Waals surface area contributed by atoms with E-state index < -0.39 is 0 Å². The van der Waals surface area contributed by atoms with Crippen LogP contribution in [0.4, 0.5) is 0 Å². The van der Waals surface area contributed by atoms with Crippen molar-refractivity contribution in [2.75, 3.05) is 0 Å². The zero-order valence-corrected chi connectivity index (χ0v) is 13.3. The van der Waals surface area contributed by atoms with E-state index in [1.54, 1.807) is 0 Å². The van der Waals surface area contributed by atoms with Crippen molar-refractivity contribution in [3.63, 3.8) is 0 Å². The Labute approximate surface area is 134 Å². The summed E-state index contributed by atoms with van der Waals surface area (Å²) in [5, 5.41) is 5.30. The summed E-state index contributed by atoms with van der Waals surface area (Å²) < 4.78 is 2.40. The van der Waals surface area contributed by atoms with Crippen molar-refractivity contribution in [2.45, 2.75) is 13.8 Å². The first kappa shape index (κ1) is 12.7. The van der Waals surface area contributed by atoms with E-state index in [1.807, 2.05) is 0 Å². The van der Waals surface area contributed by atoms with Crippen LogP contribution >= 0.6 is 0 Å². The molecule has 1 heteroatoms. The van der Waals surface area contributed by atoms with Gasteiger partial charge in [-0.15, -0.1) is 0 Å². The Balaban J connectivity index is 2.20. The molecular weight excluding hydrogens is 278 g/mol. The predicted molar refractivity (Wildman–Crippen MR) is 99.4 cm³/mol. The lowest BCUT2D eigenvalue weighted by Gasteiger charge is -2.11. The fourth-order valence-electron chi connectivity index (χ4n) is 3.78. The highest BCUT2D eigenvalue weighted by Crippen LogP contribution is 2.34. The van der Waals surface area contributed by atoms with Gasteiger partial charge in [0.15, 0.2) is 0 Å². The zero-order chi connectivity index (χ0) is 15.6. The lowest BCUT2D eigenvalue weighted by Crippen LogP contribution is -1.91. The molecule has 0 saturated carbocycles. The molecule has 0 aliphatic rings. The Morgan fingerprint density at radius 3 is 2.17 bits per heavy atom. The minimum atomic E-state index is 1.28. The minimum Gasteiger partial charge on any atom is -0.309 e. The van der Waals surface area contributed by atoms with E-state index in [2.05, 4.69) is 85.0 Å². The van der Waals surface area contributed by atoms with Gasteiger partial charge in [0.2, 0.25) is 0 Å². The van der Waals surface area contributed by atoms with Crippen molar-refractivity contribution in [1.82, 2.24) is 4.40 Å². The molecule has 0 saturated heterocycles. The molecule has 2 aromatic heterocycles. The molecule has 5 rings (SSSR count). The highest BCUT2D eigenvalue weighted by molar-refractivity contribution is 6.15. The van der Waals surface area contributed by atoms with Crippen molar-refractivity contribution in [3.05, 3.63) is 77.9 Å². The summed E-state index contributed by atoms with van der Waals surface area (Å²) in [6.07, 6.45) is 0. The zero-order valence-electron chi connectivity index (χ0n) is 13.3. The van der Waals surface area contributed by atoms with E-state index >= 15 is 0 Å². The average Bonchev–Trinajstić information content (AvgIpc) is 2.94. The van der Waals surface area contributed by atoms with Crippen molar-refractivity contribution < 1.29 is 0 Å². The van der Waals surface area contributed by atoms with E-state index in [-0.39, 0.29) is 0 Å². The standard InChI is InChI=1S/C22H17N/c1-14-7-9-17-18(11-14)19-12-15(2)8-10-21(19)23-20-6-4-3-5-16(20)13-22(17)23/h3-13H,1-2H3. The van der Waals surface area contributed by atoms with Crippen LogP contribution in [0.1, 0.15) is 11.1 Å². The van der Waals surface area contributed by atoms with Crippen molar-refractivity contribution in [3.8, 4) is 0 Å². The molecule has 0 fully saturated rings. The number of para-hydroxylation sites is 1. The topological polar surface area (TPSA) is 4.41 Å². The molecule has 5 aromatic rings. The Bertz CT molecular complexity index is 1220. The van der Waals surface area contributed by atoms with E-state index in [0.717, 1.165) is 0 Å². The smallest absolute Gasteiger partial charge is 0.0547 e. The van der Waals surface area contributed by atoms with Gasteiger partial charge in [-0.3, -0.25) is 0 Å². The third-order valence-electron chi connectivity index (χ3n) is 4.84. The molecule has 2 heterocycles. The first-order valence-electron chi connectivity index (χ1n) is 8.05. The number of fused-ring (bicyclic) bond motifs is 8. The van der Waals surface area contributed by atoms with E-state index in [4.69, 9.17) is 0 Å². The third-order valence-corrected chi connectivity index (χ3v) is 4.84. The van der Waals surface area contributed by atoms with Crippen molar-refractivity contribution in [2.24, 2.45) is 0 Å². The van der Waals surface area contributed by atoms with Crippen LogP contribution < -0.4 is 0 Å². The van der Waals surface area contributed by atoms with Gasteiger partial charge in [0.25, 0.3) is 0 Å². The molecule has 0 bridgehead atoms. The van der Waals surface area contributed by atoms with Gasteiger partial charge >= 0.3 is 0 Å². The summed E-state index contributed by atoms with van der Waals surface area (Å²) in [6.45, 7) is 4.33. The molecule has 110 valence electrons.